The summed E-state index contributed by atoms with van der Waals surface area (Å²) in [6.45, 7) is 1.63. The molecule has 2 nitrogen and oxygen atoms in total. The number of amides is 1. The van der Waals surface area contributed by atoms with Crippen LogP contribution in [-0.4, -0.2) is 13.0 Å². The molecule has 4 heteroatoms. The Morgan fingerprint density at radius 2 is 2.21 bits per heavy atom. The molecule has 0 bridgehead atoms. The van der Waals surface area contributed by atoms with Crippen LogP contribution in [-0.2, 0) is 4.79 Å². The highest BCUT2D eigenvalue weighted by Gasteiger charge is 2.16. The van der Waals surface area contributed by atoms with E-state index in [1.807, 2.05) is 0 Å². The average molecular weight is 216 g/mol. The van der Waals surface area contributed by atoms with Crippen molar-refractivity contribution in [1.82, 2.24) is 5.32 Å². The van der Waals surface area contributed by atoms with Crippen LogP contribution in [0.2, 0.25) is 0 Å². The number of aryl methyl sites for hydroxylation is 1. The van der Waals surface area contributed by atoms with Crippen LogP contribution in [0.1, 0.15) is 16.5 Å². The number of likely N-dealkylation sites (N-methyl/N-ethyl adjacent to an activating group) is 1. The smallest absolute Gasteiger partial charge is 0.242 e. The number of nitrogens with one attached hydrogen (secondary N) is 1. The van der Waals surface area contributed by atoms with Crippen molar-refractivity contribution in [3.63, 3.8) is 0 Å². The molecular formula is C10H11ClFNO. The minimum absolute atomic E-state index is 0.294. The number of hydrogen-bond donors (Lipinski definition) is 1. The second-order valence-electron chi connectivity index (χ2n) is 2.99. The Bertz CT molecular complexity index is 354. The molecule has 0 aliphatic carbocycles. The number of carbonyl (C=O) groups excluding carboxylic acids is 1. The maximum atomic E-state index is 12.9. The molecule has 1 N–H and O–H groups in total. The fraction of sp³-hybridized carbons (Fsp3) is 0.300. The van der Waals surface area contributed by atoms with Crippen LogP contribution >= 0.6 is 11.6 Å². The maximum Gasteiger partial charge on any atom is 0.242 e. The zero-order valence-electron chi connectivity index (χ0n) is 7.97. The van der Waals surface area contributed by atoms with Gasteiger partial charge in [0.2, 0.25) is 5.91 Å². The predicted octanol–water partition coefficient (Wildman–Crippen LogP) is 2.16. The van der Waals surface area contributed by atoms with E-state index in [9.17, 15) is 9.18 Å². The molecule has 76 valence electrons. The number of carbonyl (C=O) groups is 1. The topological polar surface area (TPSA) is 29.1 Å². The third-order valence-electron chi connectivity index (χ3n) is 1.95. The van der Waals surface area contributed by atoms with Crippen molar-refractivity contribution < 1.29 is 9.18 Å². The molecule has 1 aromatic carbocycles. The van der Waals surface area contributed by atoms with E-state index in [1.165, 1.54) is 19.2 Å². The van der Waals surface area contributed by atoms with Crippen molar-refractivity contribution in [3.8, 4) is 0 Å². The second-order valence-corrected chi connectivity index (χ2v) is 3.42. The highest BCUT2D eigenvalue weighted by molar-refractivity contribution is 6.30. The van der Waals surface area contributed by atoms with Gasteiger partial charge in [0, 0.05) is 7.05 Å². The lowest BCUT2D eigenvalue weighted by atomic mass is 10.1. The fourth-order valence-corrected chi connectivity index (χ4v) is 1.35. The van der Waals surface area contributed by atoms with Crippen molar-refractivity contribution in [1.29, 1.82) is 0 Å². The van der Waals surface area contributed by atoms with Crippen LogP contribution in [0, 0.1) is 12.7 Å². The number of benzene rings is 1. The van der Waals surface area contributed by atoms with E-state index >= 15 is 0 Å². The van der Waals surface area contributed by atoms with E-state index in [1.54, 1.807) is 13.0 Å². The number of alkyl halides is 1. The van der Waals surface area contributed by atoms with Crippen LogP contribution in [0.4, 0.5) is 4.39 Å². The Hall–Kier alpha value is -1.09. The molecule has 0 aliphatic heterocycles. The summed E-state index contributed by atoms with van der Waals surface area (Å²) in [6.07, 6.45) is 0. The Labute approximate surface area is 87.1 Å². The summed E-state index contributed by atoms with van der Waals surface area (Å²) in [5, 5.41) is 1.67. The van der Waals surface area contributed by atoms with Gasteiger partial charge in [0.05, 0.1) is 0 Å². The summed E-state index contributed by atoms with van der Waals surface area (Å²) in [7, 11) is 1.51. The monoisotopic (exact) mass is 215 g/mol. The molecule has 0 radical (unpaired) electrons. The van der Waals surface area contributed by atoms with Gasteiger partial charge in [-0.1, -0.05) is 12.1 Å². The van der Waals surface area contributed by atoms with Gasteiger partial charge >= 0.3 is 0 Å². The van der Waals surface area contributed by atoms with Gasteiger partial charge in [-0.05, 0) is 24.1 Å². The van der Waals surface area contributed by atoms with Gasteiger partial charge in [-0.15, -0.1) is 11.6 Å². The normalized spacial score (nSPS) is 12.3. The zero-order valence-corrected chi connectivity index (χ0v) is 8.73. The third kappa shape index (κ3) is 2.23. The molecule has 1 unspecified atom stereocenters. The summed E-state index contributed by atoms with van der Waals surface area (Å²) in [5.41, 5.74) is 1.09. The highest BCUT2D eigenvalue weighted by Crippen LogP contribution is 2.22. The third-order valence-corrected chi connectivity index (χ3v) is 2.40. The summed E-state index contributed by atoms with van der Waals surface area (Å²) >= 11 is 5.85. The van der Waals surface area contributed by atoms with Gasteiger partial charge in [0.25, 0.3) is 0 Å². The van der Waals surface area contributed by atoms with E-state index in [2.05, 4.69) is 5.32 Å². The molecule has 1 atom stereocenters. The van der Waals surface area contributed by atoms with E-state index in [0.717, 1.165) is 0 Å². The van der Waals surface area contributed by atoms with Crippen LogP contribution in [0.15, 0.2) is 18.2 Å². The fourth-order valence-electron chi connectivity index (χ4n) is 1.10. The van der Waals surface area contributed by atoms with E-state index in [-0.39, 0.29) is 11.7 Å². The van der Waals surface area contributed by atoms with E-state index in [4.69, 9.17) is 11.6 Å². The van der Waals surface area contributed by atoms with Crippen molar-refractivity contribution in [2.45, 2.75) is 12.3 Å². The lowest BCUT2D eigenvalue weighted by Gasteiger charge is -2.09. The first-order valence-corrected chi connectivity index (χ1v) is 4.61. The molecule has 1 amide bonds. The quantitative estimate of drug-likeness (QED) is 0.753. The van der Waals surface area contributed by atoms with Crippen LogP contribution < -0.4 is 5.32 Å². The van der Waals surface area contributed by atoms with Gasteiger partial charge in [-0.25, -0.2) is 4.39 Å². The first kappa shape index (κ1) is 11.0. The maximum absolute atomic E-state index is 12.9. The molecular weight excluding hydrogens is 205 g/mol. The molecule has 14 heavy (non-hydrogen) atoms. The van der Waals surface area contributed by atoms with Gasteiger partial charge < -0.3 is 5.32 Å². The van der Waals surface area contributed by atoms with Gasteiger partial charge in [0.15, 0.2) is 0 Å². The summed E-state index contributed by atoms with van der Waals surface area (Å²) in [5.74, 6) is -0.591. The lowest BCUT2D eigenvalue weighted by molar-refractivity contribution is -0.120. The Balaban J connectivity index is 2.96. The highest BCUT2D eigenvalue weighted by atomic mass is 35.5. The Morgan fingerprint density at radius 3 is 2.71 bits per heavy atom. The first-order valence-electron chi connectivity index (χ1n) is 4.18. The SMILES string of the molecule is CNC(=O)C(Cl)c1ccc(F)c(C)c1. The predicted molar refractivity (Wildman–Crippen MR) is 53.8 cm³/mol. The largest absolute Gasteiger partial charge is 0.358 e. The molecule has 0 aromatic heterocycles. The molecule has 1 rings (SSSR count). The summed E-state index contributed by atoms with van der Waals surface area (Å²) in [6, 6.07) is 4.39. The average Bonchev–Trinajstić information content (AvgIpc) is 2.20. The van der Waals surface area contributed by atoms with Crippen LogP contribution in [0.25, 0.3) is 0 Å². The number of halogens is 2. The summed E-state index contributed by atoms with van der Waals surface area (Å²) in [4.78, 5) is 11.2. The van der Waals surface area contributed by atoms with Gasteiger partial charge in [-0.3, -0.25) is 4.79 Å². The zero-order chi connectivity index (χ0) is 10.7. The molecule has 0 saturated heterocycles. The van der Waals surface area contributed by atoms with E-state index < -0.39 is 5.38 Å². The van der Waals surface area contributed by atoms with E-state index in [0.29, 0.717) is 11.1 Å². The first-order chi connectivity index (χ1) is 6.56. The second kappa shape index (κ2) is 4.42. The number of rotatable bonds is 2. The standard InChI is InChI=1S/C10H11ClFNO/c1-6-5-7(3-4-8(6)12)9(11)10(14)13-2/h3-5,9H,1-2H3,(H,13,14). The van der Waals surface area contributed by atoms with Crippen molar-refractivity contribution >= 4 is 17.5 Å². The molecule has 0 aliphatic rings. The Kier molecular flexibility index (Phi) is 3.47. The minimum atomic E-state index is -0.765. The molecule has 0 heterocycles. The van der Waals surface area contributed by atoms with Crippen molar-refractivity contribution in [3.05, 3.63) is 35.1 Å². The van der Waals surface area contributed by atoms with Crippen LogP contribution in [0.3, 0.4) is 0 Å². The molecule has 1 aromatic rings. The summed E-state index contributed by atoms with van der Waals surface area (Å²) < 4.78 is 12.9. The van der Waals surface area contributed by atoms with Gasteiger partial charge in [-0.2, -0.15) is 0 Å². The minimum Gasteiger partial charge on any atom is -0.358 e. The lowest BCUT2D eigenvalue weighted by Crippen LogP contribution is -2.22. The Morgan fingerprint density at radius 1 is 1.57 bits per heavy atom. The molecule has 0 spiro atoms. The van der Waals surface area contributed by atoms with Crippen molar-refractivity contribution in [2.75, 3.05) is 7.05 Å². The number of hydrogen-bond acceptors (Lipinski definition) is 1. The van der Waals surface area contributed by atoms with Crippen LogP contribution in [0.5, 0.6) is 0 Å². The molecule has 0 fully saturated rings. The van der Waals surface area contributed by atoms with Crippen molar-refractivity contribution in [2.24, 2.45) is 0 Å². The van der Waals surface area contributed by atoms with Gasteiger partial charge in [0.1, 0.15) is 11.2 Å². The molecule has 0 saturated carbocycles.